The number of amides is 1. The monoisotopic (exact) mass is 371 g/mol. The van der Waals surface area contributed by atoms with Crippen LogP contribution in [0.15, 0.2) is 12.4 Å². The van der Waals surface area contributed by atoms with Crippen LogP contribution in [0.4, 0.5) is 5.69 Å². The number of piperazine rings is 1. The summed E-state index contributed by atoms with van der Waals surface area (Å²) in [5.41, 5.74) is 1.58. The van der Waals surface area contributed by atoms with Crippen molar-refractivity contribution in [3.63, 3.8) is 0 Å². The smallest absolute Gasteiger partial charge is 0.225 e. The number of anilines is 1. The standard InChI is InChI=1S/C21H33N5O/c1-15(2)19-22-11-18(12-23-19)25-7-5-24(6-8-25)17-9-21(10-17)13-26(14-21)20(27)16(3)4/h11-12,15-17H,5-10,13-14H2,1-4H3. The zero-order valence-corrected chi connectivity index (χ0v) is 17.2. The van der Waals surface area contributed by atoms with E-state index in [2.05, 4.69) is 38.5 Å². The molecule has 148 valence electrons. The van der Waals surface area contributed by atoms with E-state index in [1.54, 1.807) is 0 Å². The summed E-state index contributed by atoms with van der Waals surface area (Å²) in [6, 6.07) is 0.711. The first-order valence-electron chi connectivity index (χ1n) is 10.5. The third kappa shape index (κ3) is 3.56. The molecule has 0 atom stereocenters. The van der Waals surface area contributed by atoms with E-state index < -0.39 is 0 Å². The van der Waals surface area contributed by atoms with E-state index in [1.807, 2.05) is 26.2 Å². The van der Waals surface area contributed by atoms with Crippen LogP contribution in [0.25, 0.3) is 0 Å². The predicted molar refractivity (Wildman–Crippen MR) is 107 cm³/mol. The molecule has 3 aliphatic rings. The topological polar surface area (TPSA) is 52.6 Å². The molecule has 1 amide bonds. The molecule has 0 unspecified atom stereocenters. The third-order valence-electron chi connectivity index (χ3n) is 6.57. The van der Waals surface area contributed by atoms with Gasteiger partial charge in [-0.1, -0.05) is 27.7 Å². The van der Waals surface area contributed by atoms with Gasteiger partial charge < -0.3 is 9.80 Å². The Bertz CT molecular complexity index is 664. The van der Waals surface area contributed by atoms with Crippen molar-refractivity contribution in [1.82, 2.24) is 19.8 Å². The molecule has 2 aliphatic heterocycles. The van der Waals surface area contributed by atoms with E-state index >= 15 is 0 Å². The van der Waals surface area contributed by atoms with Gasteiger partial charge in [-0.25, -0.2) is 9.97 Å². The third-order valence-corrected chi connectivity index (χ3v) is 6.57. The van der Waals surface area contributed by atoms with Gasteiger partial charge in [-0.2, -0.15) is 0 Å². The molecule has 0 bridgehead atoms. The van der Waals surface area contributed by atoms with E-state index in [0.29, 0.717) is 23.3 Å². The molecular formula is C21H33N5O. The highest BCUT2D eigenvalue weighted by atomic mass is 16.2. The normalized spacial score (nSPS) is 23.0. The van der Waals surface area contributed by atoms with Gasteiger partial charge in [0.1, 0.15) is 5.82 Å². The fraction of sp³-hybridized carbons (Fsp3) is 0.762. The number of hydrogen-bond acceptors (Lipinski definition) is 5. The maximum Gasteiger partial charge on any atom is 0.225 e. The lowest BCUT2D eigenvalue weighted by Crippen LogP contribution is -2.69. The van der Waals surface area contributed by atoms with Crippen LogP contribution in [0.3, 0.4) is 0 Å². The highest BCUT2D eigenvalue weighted by Gasteiger charge is 2.55. The summed E-state index contributed by atoms with van der Waals surface area (Å²) >= 11 is 0. The fourth-order valence-electron chi connectivity index (χ4n) is 4.88. The Morgan fingerprint density at radius 2 is 1.63 bits per heavy atom. The number of likely N-dealkylation sites (tertiary alicyclic amines) is 1. The summed E-state index contributed by atoms with van der Waals surface area (Å²) in [5.74, 6) is 1.75. The highest BCUT2D eigenvalue weighted by molar-refractivity contribution is 5.79. The van der Waals surface area contributed by atoms with Crippen LogP contribution in [0, 0.1) is 11.3 Å². The highest BCUT2D eigenvalue weighted by Crippen LogP contribution is 2.50. The molecule has 1 aliphatic carbocycles. The number of aromatic nitrogens is 2. The Morgan fingerprint density at radius 1 is 1.04 bits per heavy atom. The summed E-state index contributed by atoms with van der Waals surface area (Å²) in [7, 11) is 0. The second kappa shape index (κ2) is 7.04. The molecule has 4 rings (SSSR count). The van der Waals surface area contributed by atoms with Crippen molar-refractivity contribution in [3.8, 4) is 0 Å². The molecular weight excluding hydrogens is 338 g/mol. The molecule has 1 saturated carbocycles. The Balaban J connectivity index is 1.23. The minimum absolute atomic E-state index is 0.130. The molecule has 2 saturated heterocycles. The van der Waals surface area contributed by atoms with Gasteiger partial charge in [-0.15, -0.1) is 0 Å². The number of hydrogen-bond donors (Lipinski definition) is 0. The van der Waals surface area contributed by atoms with Crippen LogP contribution in [-0.4, -0.2) is 71.0 Å². The van der Waals surface area contributed by atoms with Crippen LogP contribution in [0.1, 0.15) is 52.3 Å². The largest absolute Gasteiger partial charge is 0.366 e. The molecule has 1 aromatic rings. The summed E-state index contributed by atoms with van der Waals surface area (Å²) in [6.07, 6.45) is 6.48. The molecule has 6 nitrogen and oxygen atoms in total. The zero-order valence-electron chi connectivity index (χ0n) is 17.2. The number of rotatable bonds is 4. The quantitative estimate of drug-likeness (QED) is 0.813. The lowest BCUT2D eigenvalue weighted by Gasteiger charge is -2.62. The van der Waals surface area contributed by atoms with Crippen LogP contribution in [0.2, 0.25) is 0 Å². The van der Waals surface area contributed by atoms with Gasteiger partial charge in [0, 0.05) is 62.6 Å². The van der Waals surface area contributed by atoms with Gasteiger partial charge in [0.25, 0.3) is 0 Å². The zero-order chi connectivity index (χ0) is 19.2. The molecule has 6 heteroatoms. The van der Waals surface area contributed by atoms with Gasteiger partial charge >= 0.3 is 0 Å². The predicted octanol–water partition coefficient (Wildman–Crippen LogP) is 2.37. The Morgan fingerprint density at radius 3 is 2.15 bits per heavy atom. The second-order valence-corrected chi connectivity index (χ2v) is 9.39. The first kappa shape index (κ1) is 18.7. The molecule has 27 heavy (non-hydrogen) atoms. The maximum atomic E-state index is 12.1. The molecule has 0 N–H and O–H groups in total. The van der Waals surface area contributed by atoms with Crippen molar-refractivity contribution in [2.75, 3.05) is 44.2 Å². The van der Waals surface area contributed by atoms with E-state index in [9.17, 15) is 4.79 Å². The Kier molecular flexibility index (Phi) is 4.87. The number of nitrogens with zero attached hydrogens (tertiary/aromatic N) is 5. The summed E-state index contributed by atoms with van der Waals surface area (Å²) < 4.78 is 0. The van der Waals surface area contributed by atoms with Crippen LogP contribution in [0.5, 0.6) is 0 Å². The van der Waals surface area contributed by atoms with Crippen molar-refractivity contribution >= 4 is 11.6 Å². The lowest BCUT2D eigenvalue weighted by molar-refractivity contribution is -0.160. The first-order valence-corrected chi connectivity index (χ1v) is 10.5. The maximum absolute atomic E-state index is 12.1. The van der Waals surface area contributed by atoms with Gasteiger partial charge in [-0.05, 0) is 12.8 Å². The van der Waals surface area contributed by atoms with E-state index in [-0.39, 0.29) is 5.92 Å². The van der Waals surface area contributed by atoms with E-state index in [0.717, 1.165) is 50.8 Å². The van der Waals surface area contributed by atoms with Crippen molar-refractivity contribution in [2.24, 2.45) is 11.3 Å². The van der Waals surface area contributed by atoms with Crippen LogP contribution >= 0.6 is 0 Å². The molecule has 0 radical (unpaired) electrons. The molecule has 0 aromatic carbocycles. The minimum Gasteiger partial charge on any atom is -0.366 e. The SMILES string of the molecule is CC(C)C(=O)N1CC2(CC(N3CCN(c4cnc(C(C)C)nc4)CC3)C2)C1. The molecule has 1 spiro atoms. The Labute approximate surface area is 162 Å². The van der Waals surface area contributed by atoms with Gasteiger partial charge in [0.15, 0.2) is 0 Å². The summed E-state index contributed by atoms with van der Waals surface area (Å²) in [5, 5.41) is 0. The Hall–Kier alpha value is -1.69. The van der Waals surface area contributed by atoms with Gasteiger partial charge in [0.2, 0.25) is 5.91 Å². The summed E-state index contributed by atoms with van der Waals surface area (Å²) in [6.45, 7) is 14.5. The summed E-state index contributed by atoms with van der Waals surface area (Å²) in [4.78, 5) is 28.2. The second-order valence-electron chi connectivity index (χ2n) is 9.39. The average molecular weight is 372 g/mol. The molecule has 3 heterocycles. The van der Waals surface area contributed by atoms with Crippen LogP contribution in [-0.2, 0) is 4.79 Å². The fourth-order valence-corrected chi connectivity index (χ4v) is 4.88. The minimum atomic E-state index is 0.130. The van der Waals surface area contributed by atoms with E-state index in [1.165, 1.54) is 12.8 Å². The molecule has 3 fully saturated rings. The molecule has 1 aromatic heterocycles. The van der Waals surface area contributed by atoms with Gasteiger partial charge in [-0.3, -0.25) is 9.69 Å². The number of carbonyl (C=O) groups is 1. The van der Waals surface area contributed by atoms with E-state index in [4.69, 9.17) is 0 Å². The van der Waals surface area contributed by atoms with Crippen LogP contribution < -0.4 is 4.90 Å². The van der Waals surface area contributed by atoms with Crippen molar-refractivity contribution < 1.29 is 4.79 Å². The van der Waals surface area contributed by atoms with Crippen molar-refractivity contribution in [1.29, 1.82) is 0 Å². The first-order chi connectivity index (χ1) is 12.9. The lowest BCUT2D eigenvalue weighted by atomic mass is 9.60. The number of carbonyl (C=O) groups excluding carboxylic acids is 1. The van der Waals surface area contributed by atoms with Crippen molar-refractivity contribution in [2.45, 2.75) is 52.5 Å². The average Bonchev–Trinajstić information content (AvgIpc) is 2.59. The van der Waals surface area contributed by atoms with Crippen molar-refractivity contribution in [3.05, 3.63) is 18.2 Å². The van der Waals surface area contributed by atoms with Gasteiger partial charge in [0.05, 0.1) is 18.1 Å².